The summed E-state index contributed by atoms with van der Waals surface area (Å²) in [7, 11) is 0. The first-order chi connectivity index (χ1) is 13.3. The molecule has 1 saturated heterocycles. The lowest BCUT2D eigenvalue weighted by atomic mass is 9.77. The van der Waals surface area contributed by atoms with Gasteiger partial charge in [-0.3, -0.25) is 4.90 Å². The molecule has 0 radical (unpaired) electrons. The van der Waals surface area contributed by atoms with Crippen molar-refractivity contribution < 1.29 is 9.52 Å². The smallest absolute Gasteiger partial charge is 0.195 e. The molecule has 2 fully saturated rings. The monoisotopic (exact) mass is 366 g/mol. The lowest BCUT2D eigenvalue weighted by molar-refractivity contribution is 0.0304. The first kappa shape index (κ1) is 16.6. The lowest BCUT2D eigenvalue weighted by Crippen LogP contribution is -2.36. The van der Waals surface area contributed by atoms with Crippen molar-refractivity contribution in [2.75, 3.05) is 13.1 Å². The molecule has 8 nitrogen and oxygen atoms in total. The Kier molecular flexibility index (Phi) is 4.21. The van der Waals surface area contributed by atoms with Crippen LogP contribution < -0.4 is 0 Å². The second kappa shape index (κ2) is 6.86. The number of likely N-dealkylation sites (tertiary alicyclic amines) is 1. The van der Waals surface area contributed by atoms with Gasteiger partial charge in [0.15, 0.2) is 11.6 Å². The molecule has 0 unspecified atom stereocenters. The van der Waals surface area contributed by atoms with Crippen LogP contribution in [0.5, 0.6) is 0 Å². The number of nitrogens with zero attached hydrogens (tertiary/aromatic N) is 6. The minimum atomic E-state index is -0.358. The van der Waals surface area contributed by atoms with Gasteiger partial charge in [-0.2, -0.15) is 5.10 Å². The van der Waals surface area contributed by atoms with Crippen LogP contribution in [-0.4, -0.2) is 53.9 Å². The second-order valence-electron chi connectivity index (χ2n) is 7.59. The van der Waals surface area contributed by atoms with Gasteiger partial charge in [0.2, 0.25) is 0 Å². The predicted octanol–water partition coefficient (Wildman–Crippen LogP) is 1.77. The van der Waals surface area contributed by atoms with E-state index < -0.39 is 0 Å². The van der Waals surface area contributed by atoms with Gasteiger partial charge < -0.3 is 9.52 Å². The highest BCUT2D eigenvalue weighted by atomic mass is 16.3. The van der Waals surface area contributed by atoms with Crippen LogP contribution in [0.25, 0.3) is 11.6 Å². The molecule has 1 N–H and O–H groups in total. The number of aromatic nitrogens is 5. The summed E-state index contributed by atoms with van der Waals surface area (Å²) in [6.07, 6.45) is 10.0. The molecule has 1 saturated carbocycles. The Morgan fingerprint density at radius 2 is 1.96 bits per heavy atom. The molecule has 140 valence electrons. The van der Waals surface area contributed by atoms with Crippen molar-refractivity contribution in [2.45, 2.75) is 31.5 Å². The summed E-state index contributed by atoms with van der Waals surface area (Å²) < 4.78 is 7.15. The Balaban J connectivity index is 1.23. The zero-order valence-electron chi connectivity index (χ0n) is 14.9. The summed E-state index contributed by atoms with van der Waals surface area (Å²) in [6.45, 7) is 2.86. The second-order valence-corrected chi connectivity index (χ2v) is 7.59. The molecule has 0 spiro atoms. The van der Waals surface area contributed by atoms with E-state index in [0.29, 0.717) is 23.4 Å². The van der Waals surface area contributed by atoms with Crippen molar-refractivity contribution in [3.8, 4) is 11.6 Å². The minimum absolute atomic E-state index is 0.0320. The van der Waals surface area contributed by atoms with Gasteiger partial charge >= 0.3 is 0 Å². The van der Waals surface area contributed by atoms with Crippen LogP contribution in [0.2, 0.25) is 0 Å². The highest BCUT2D eigenvalue weighted by Crippen LogP contribution is 2.41. The zero-order valence-corrected chi connectivity index (χ0v) is 14.9. The van der Waals surface area contributed by atoms with Crippen LogP contribution in [0.1, 0.15) is 24.4 Å². The molecular weight excluding hydrogens is 344 g/mol. The minimum Gasteiger partial charge on any atom is -0.461 e. The summed E-state index contributed by atoms with van der Waals surface area (Å²) >= 11 is 0. The van der Waals surface area contributed by atoms with Crippen LogP contribution in [0.15, 0.2) is 47.9 Å². The van der Waals surface area contributed by atoms with Gasteiger partial charge in [-0.05, 0) is 36.8 Å². The van der Waals surface area contributed by atoms with Crippen molar-refractivity contribution in [3.05, 3.63) is 49.0 Å². The number of furan rings is 1. The summed E-state index contributed by atoms with van der Waals surface area (Å²) in [5, 5.41) is 14.8. The number of rotatable bonds is 4. The number of hydrogen-bond acceptors (Lipinski definition) is 7. The number of hydrogen-bond donors (Lipinski definition) is 1. The molecule has 27 heavy (non-hydrogen) atoms. The third-order valence-electron chi connectivity index (χ3n) is 5.81. The van der Waals surface area contributed by atoms with Crippen LogP contribution in [0, 0.1) is 11.8 Å². The van der Waals surface area contributed by atoms with E-state index in [2.05, 4.69) is 25.0 Å². The fourth-order valence-corrected chi connectivity index (χ4v) is 4.53. The lowest BCUT2D eigenvalue weighted by Gasteiger charge is -2.35. The van der Waals surface area contributed by atoms with Gasteiger partial charge in [0.05, 0.1) is 18.4 Å². The van der Waals surface area contributed by atoms with Gasteiger partial charge in [-0.1, -0.05) is 0 Å². The summed E-state index contributed by atoms with van der Waals surface area (Å²) in [6, 6.07) is 3.72. The molecule has 5 rings (SSSR count). The zero-order chi connectivity index (χ0) is 18.2. The molecule has 8 heteroatoms. The van der Waals surface area contributed by atoms with Crippen molar-refractivity contribution in [1.29, 1.82) is 0 Å². The third-order valence-corrected chi connectivity index (χ3v) is 5.81. The normalized spacial score (nSPS) is 28.3. The van der Waals surface area contributed by atoms with E-state index in [4.69, 9.17) is 4.42 Å². The molecule has 0 aromatic carbocycles. The number of aliphatic hydroxyl groups excluding tert-OH is 1. The van der Waals surface area contributed by atoms with Gasteiger partial charge in [0, 0.05) is 37.6 Å². The van der Waals surface area contributed by atoms with E-state index in [1.165, 1.54) is 6.33 Å². The Bertz CT molecular complexity index is 864. The fraction of sp³-hybridized carbons (Fsp3) is 0.474. The maximum atomic E-state index is 10.5. The third kappa shape index (κ3) is 3.26. The average molecular weight is 366 g/mol. The molecule has 4 heterocycles. The van der Waals surface area contributed by atoms with Gasteiger partial charge in [-0.15, -0.1) is 0 Å². The largest absolute Gasteiger partial charge is 0.461 e. The van der Waals surface area contributed by atoms with Crippen LogP contribution >= 0.6 is 0 Å². The SMILES string of the molecule is O[C@@H]1C[C@H]2CN(Cc3cnc(-c4ccco4)nc3)C[C@H]2C[C@H]1n1cncn1. The van der Waals surface area contributed by atoms with Crippen molar-refractivity contribution in [2.24, 2.45) is 11.8 Å². The van der Waals surface area contributed by atoms with Crippen LogP contribution in [-0.2, 0) is 6.54 Å². The molecule has 1 aliphatic carbocycles. The molecule has 3 aromatic heterocycles. The van der Waals surface area contributed by atoms with E-state index in [1.807, 2.05) is 29.2 Å². The first-order valence-corrected chi connectivity index (χ1v) is 9.35. The molecule has 0 amide bonds. The molecule has 3 aromatic rings. The quantitative estimate of drug-likeness (QED) is 0.752. The van der Waals surface area contributed by atoms with E-state index in [9.17, 15) is 5.11 Å². The van der Waals surface area contributed by atoms with E-state index in [-0.39, 0.29) is 12.1 Å². The summed E-state index contributed by atoms with van der Waals surface area (Å²) in [5.41, 5.74) is 1.09. The molecule has 4 atom stereocenters. The molecule has 1 aliphatic heterocycles. The predicted molar refractivity (Wildman–Crippen MR) is 96.3 cm³/mol. The standard InChI is InChI=1S/C19H22N6O2/c26-17-5-15-10-24(9-14(15)4-16(17)25-12-20-11-23-25)8-13-6-21-19(22-7-13)18-2-1-3-27-18/h1-3,6-7,11-12,14-17,26H,4-5,8-10H2/t14-,15+,16-,17-/m1/s1. The maximum Gasteiger partial charge on any atom is 0.195 e. The molecule has 2 aliphatic rings. The highest BCUT2D eigenvalue weighted by molar-refractivity contribution is 5.45. The van der Waals surface area contributed by atoms with E-state index in [0.717, 1.165) is 38.0 Å². The Morgan fingerprint density at radius 1 is 1.15 bits per heavy atom. The van der Waals surface area contributed by atoms with Crippen molar-refractivity contribution in [3.63, 3.8) is 0 Å². The van der Waals surface area contributed by atoms with E-state index >= 15 is 0 Å². The average Bonchev–Trinajstić information content (AvgIpc) is 3.43. The van der Waals surface area contributed by atoms with Gasteiger partial charge in [0.25, 0.3) is 0 Å². The van der Waals surface area contributed by atoms with Gasteiger partial charge in [0.1, 0.15) is 12.7 Å². The molecule has 0 bridgehead atoms. The highest BCUT2D eigenvalue weighted by Gasteiger charge is 2.42. The fourth-order valence-electron chi connectivity index (χ4n) is 4.53. The Labute approximate surface area is 156 Å². The molecular formula is C19H22N6O2. The topological polar surface area (TPSA) is 93.1 Å². The summed E-state index contributed by atoms with van der Waals surface area (Å²) in [4.78, 5) is 15.3. The summed E-state index contributed by atoms with van der Waals surface area (Å²) in [5.74, 6) is 2.40. The Hall–Kier alpha value is -2.58. The maximum absolute atomic E-state index is 10.5. The van der Waals surface area contributed by atoms with Crippen LogP contribution in [0.3, 0.4) is 0 Å². The van der Waals surface area contributed by atoms with Gasteiger partial charge in [-0.25, -0.2) is 19.6 Å². The Morgan fingerprint density at radius 3 is 2.67 bits per heavy atom. The van der Waals surface area contributed by atoms with Crippen LogP contribution in [0.4, 0.5) is 0 Å². The van der Waals surface area contributed by atoms with E-state index in [1.54, 1.807) is 12.6 Å². The first-order valence-electron chi connectivity index (χ1n) is 9.35. The number of fused-ring (bicyclic) bond motifs is 1. The van der Waals surface area contributed by atoms with Crippen molar-refractivity contribution in [1.82, 2.24) is 29.6 Å². The number of aliphatic hydroxyl groups is 1. The van der Waals surface area contributed by atoms with Crippen molar-refractivity contribution >= 4 is 0 Å².